The average molecular weight is 323 g/mol. The van der Waals surface area contributed by atoms with Gasteiger partial charge in [0.25, 0.3) is 0 Å². The monoisotopic (exact) mass is 322 g/mol. The van der Waals surface area contributed by atoms with Crippen LogP contribution in [0.25, 0.3) is 0 Å². The van der Waals surface area contributed by atoms with Gasteiger partial charge in [0, 0.05) is 16.7 Å². The molecule has 0 aliphatic carbocycles. The predicted molar refractivity (Wildman–Crippen MR) is 67.6 cm³/mol. The Morgan fingerprint density at radius 1 is 1.41 bits per heavy atom. The Balaban J connectivity index is 2.75. The summed E-state index contributed by atoms with van der Waals surface area (Å²) in [6.45, 7) is 0.119. The molecule has 0 aliphatic rings. The van der Waals surface area contributed by atoms with Crippen molar-refractivity contribution in [2.24, 2.45) is 5.14 Å². The van der Waals surface area contributed by atoms with Crippen LogP contribution < -0.4 is 10.5 Å². The average Bonchev–Trinajstić information content (AvgIpc) is 2.14. The molecule has 0 saturated heterocycles. The van der Waals surface area contributed by atoms with Crippen LogP contribution in [0.2, 0.25) is 0 Å². The van der Waals surface area contributed by atoms with Crippen molar-refractivity contribution in [2.75, 3.05) is 17.6 Å². The first-order valence-electron chi connectivity index (χ1n) is 4.56. The first-order chi connectivity index (χ1) is 7.78. The lowest BCUT2D eigenvalue weighted by Gasteiger charge is -2.07. The highest BCUT2D eigenvalue weighted by molar-refractivity contribution is 9.10. The van der Waals surface area contributed by atoms with Gasteiger partial charge in [0.05, 0.1) is 11.3 Å². The van der Waals surface area contributed by atoms with E-state index in [4.69, 9.17) is 10.2 Å². The minimum Gasteiger partial charge on any atom is -0.478 e. The van der Waals surface area contributed by atoms with E-state index < -0.39 is 16.0 Å². The van der Waals surface area contributed by atoms with Gasteiger partial charge in [-0.25, -0.2) is 18.4 Å². The van der Waals surface area contributed by atoms with Crippen LogP contribution >= 0.6 is 15.9 Å². The highest BCUT2D eigenvalue weighted by Crippen LogP contribution is 2.19. The van der Waals surface area contributed by atoms with Crippen LogP contribution in [-0.2, 0) is 10.0 Å². The van der Waals surface area contributed by atoms with Crippen molar-refractivity contribution in [1.29, 1.82) is 0 Å². The number of aromatic carboxylic acids is 1. The molecule has 8 heteroatoms. The Morgan fingerprint density at radius 3 is 2.59 bits per heavy atom. The number of nitrogens with one attached hydrogen (secondary N) is 1. The number of carbonyl (C=O) groups is 1. The van der Waals surface area contributed by atoms with Crippen molar-refractivity contribution in [2.45, 2.75) is 0 Å². The number of halogens is 1. The van der Waals surface area contributed by atoms with Gasteiger partial charge in [0.2, 0.25) is 10.0 Å². The van der Waals surface area contributed by atoms with Gasteiger partial charge >= 0.3 is 5.97 Å². The fraction of sp³-hybridized carbons (Fsp3) is 0.222. The van der Waals surface area contributed by atoms with E-state index in [1.54, 1.807) is 6.07 Å². The molecule has 1 aromatic carbocycles. The van der Waals surface area contributed by atoms with Crippen molar-refractivity contribution in [3.05, 3.63) is 28.2 Å². The lowest BCUT2D eigenvalue weighted by atomic mass is 10.2. The van der Waals surface area contributed by atoms with E-state index in [9.17, 15) is 13.2 Å². The first-order valence-corrected chi connectivity index (χ1v) is 7.07. The molecule has 6 nitrogen and oxygen atoms in total. The molecule has 0 radical (unpaired) electrons. The molecule has 0 bridgehead atoms. The minimum absolute atomic E-state index is 0.109. The van der Waals surface area contributed by atoms with E-state index in [1.165, 1.54) is 12.1 Å². The number of rotatable bonds is 5. The van der Waals surface area contributed by atoms with Gasteiger partial charge < -0.3 is 10.4 Å². The Labute approximate surface area is 107 Å². The Kier molecular flexibility index (Phi) is 4.49. The Hall–Kier alpha value is -1.12. The molecule has 0 unspecified atom stereocenters. The van der Waals surface area contributed by atoms with E-state index in [-0.39, 0.29) is 17.9 Å². The van der Waals surface area contributed by atoms with Crippen molar-refractivity contribution < 1.29 is 18.3 Å². The van der Waals surface area contributed by atoms with Crippen LogP contribution in [0.15, 0.2) is 22.7 Å². The van der Waals surface area contributed by atoms with E-state index >= 15 is 0 Å². The maximum Gasteiger partial charge on any atom is 0.335 e. The molecule has 0 atom stereocenters. The third-order valence-electron chi connectivity index (χ3n) is 1.86. The molecule has 0 amide bonds. The highest BCUT2D eigenvalue weighted by atomic mass is 79.9. The SMILES string of the molecule is NS(=O)(=O)CCNc1cc(Br)cc(C(=O)O)c1. The molecule has 0 aliphatic heterocycles. The summed E-state index contributed by atoms with van der Waals surface area (Å²) in [7, 11) is -3.52. The highest BCUT2D eigenvalue weighted by Gasteiger charge is 2.07. The number of anilines is 1. The van der Waals surface area contributed by atoms with Gasteiger partial charge in [-0.05, 0) is 18.2 Å². The lowest BCUT2D eigenvalue weighted by Crippen LogP contribution is -2.22. The number of carboxylic acid groups (broad SMARTS) is 1. The van der Waals surface area contributed by atoms with Gasteiger partial charge in [-0.1, -0.05) is 15.9 Å². The van der Waals surface area contributed by atoms with Crippen LogP contribution in [0.4, 0.5) is 5.69 Å². The summed E-state index contributed by atoms with van der Waals surface area (Å²) >= 11 is 3.17. The molecule has 17 heavy (non-hydrogen) atoms. The number of nitrogens with two attached hydrogens (primary N) is 1. The molecule has 0 aromatic heterocycles. The standard InChI is InChI=1S/C9H11BrN2O4S/c10-7-3-6(9(13)14)4-8(5-7)12-1-2-17(11,15)16/h3-5,12H,1-2H2,(H,13,14)(H2,11,15,16). The maximum absolute atomic E-state index is 10.8. The van der Waals surface area contributed by atoms with Gasteiger partial charge in [0.1, 0.15) is 0 Å². The molecule has 0 spiro atoms. The summed E-state index contributed by atoms with van der Waals surface area (Å²) in [6, 6.07) is 4.51. The lowest BCUT2D eigenvalue weighted by molar-refractivity contribution is 0.0697. The summed E-state index contributed by atoms with van der Waals surface area (Å²) < 4.78 is 22.0. The summed E-state index contributed by atoms with van der Waals surface area (Å²) in [5, 5.41) is 16.4. The molecular formula is C9H11BrN2O4S. The third-order valence-corrected chi connectivity index (χ3v) is 3.09. The van der Waals surface area contributed by atoms with Crippen LogP contribution in [0, 0.1) is 0 Å². The van der Waals surface area contributed by atoms with Gasteiger partial charge in [-0.15, -0.1) is 0 Å². The molecule has 1 rings (SSSR count). The maximum atomic E-state index is 10.8. The second-order valence-corrected chi connectivity index (χ2v) is 5.98. The summed E-state index contributed by atoms with van der Waals surface area (Å²) in [6.07, 6.45) is 0. The van der Waals surface area contributed by atoms with Crippen molar-refractivity contribution in [3.8, 4) is 0 Å². The second-order valence-electron chi connectivity index (χ2n) is 3.33. The fourth-order valence-electron chi connectivity index (χ4n) is 1.15. The Morgan fingerprint density at radius 2 is 2.06 bits per heavy atom. The molecule has 0 saturated carbocycles. The van der Waals surface area contributed by atoms with Crippen molar-refractivity contribution in [3.63, 3.8) is 0 Å². The van der Waals surface area contributed by atoms with E-state index in [2.05, 4.69) is 21.2 Å². The zero-order valence-corrected chi connectivity index (χ0v) is 11.1. The van der Waals surface area contributed by atoms with Crippen LogP contribution in [0.1, 0.15) is 10.4 Å². The fourth-order valence-corrected chi connectivity index (χ4v) is 2.03. The van der Waals surface area contributed by atoms with Crippen LogP contribution in [-0.4, -0.2) is 31.8 Å². The molecule has 1 aromatic rings. The number of benzene rings is 1. The number of sulfonamides is 1. The number of hydrogen-bond donors (Lipinski definition) is 3. The molecule has 4 N–H and O–H groups in total. The van der Waals surface area contributed by atoms with Crippen LogP contribution in [0.5, 0.6) is 0 Å². The quantitative estimate of drug-likeness (QED) is 0.744. The van der Waals surface area contributed by atoms with E-state index in [0.29, 0.717) is 10.2 Å². The predicted octanol–water partition coefficient (Wildman–Crippen LogP) is 0.848. The summed E-state index contributed by atoms with van der Waals surface area (Å²) in [4.78, 5) is 10.8. The van der Waals surface area contributed by atoms with Gasteiger partial charge in [-0.3, -0.25) is 0 Å². The largest absolute Gasteiger partial charge is 0.478 e. The minimum atomic E-state index is -3.52. The topological polar surface area (TPSA) is 109 Å². The molecule has 0 fully saturated rings. The van der Waals surface area contributed by atoms with E-state index in [0.717, 1.165) is 0 Å². The molecule has 0 heterocycles. The first kappa shape index (κ1) is 13.9. The Bertz CT molecular complexity index is 530. The van der Waals surface area contributed by atoms with Crippen molar-refractivity contribution >= 4 is 37.6 Å². The second kappa shape index (κ2) is 5.48. The van der Waals surface area contributed by atoms with Gasteiger partial charge in [-0.2, -0.15) is 0 Å². The number of hydrogen-bond acceptors (Lipinski definition) is 4. The van der Waals surface area contributed by atoms with E-state index in [1.807, 2.05) is 0 Å². The summed E-state index contributed by atoms with van der Waals surface area (Å²) in [5.41, 5.74) is 0.623. The normalized spacial score (nSPS) is 11.2. The molecule has 94 valence electrons. The van der Waals surface area contributed by atoms with Crippen LogP contribution in [0.3, 0.4) is 0 Å². The molecular weight excluding hydrogens is 312 g/mol. The zero-order valence-electron chi connectivity index (χ0n) is 8.68. The van der Waals surface area contributed by atoms with Gasteiger partial charge in [0.15, 0.2) is 0 Å². The number of primary sulfonamides is 1. The zero-order chi connectivity index (χ0) is 13.1. The van der Waals surface area contributed by atoms with Crippen molar-refractivity contribution in [1.82, 2.24) is 0 Å². The summed E-state index contributed by atoms with van der Waals surface area (Å²) in [5.74, 6) is -1.28. The smallest absolute Gasteiger partial charge is 0.335 e. The third kappa shape index (κ3) is 5.16. The number of carboxylic acids is 1.